The second kappa shape index (κ2) is 3.76. The number of benzene rings is 1. The Balaban J connectivity index is 2.84. The molecule has 0 saturated carbocycles. The molecule has 3 nitrogen and oxygen atoms in total. The minimum Gasteiger partial charge on any atom is -0.496 e. The zero-order valence-electron chi connectivity index (χ0n) is 7.99. The van der Waals surface area contributed by atoms with Gasteiger partial charge in [-0.05, 0) is 18.2 Å². The summed E-state index contributed by atoms with van der Waals surface area (Å²) in [6, 6.07) is 7.23. The summed E-state index contributed by atoms with van der Waals surface area (Å²) in [5, 5.41) is 10.1. The minimum atomic E-state index is 0.489. The van der Waals surface area contributed by atoms with Crippen LogP contribution in [0.15, 0.2) is 24.4 Å². The molecule has 0 saturated heterocycles. The van der Waals surface area contributed by atoms with Gasteiger partial charge in [-0.2, -0.15) is 5.26 Å². The smallest absolute Gasteiger partial charge is 0.128 e. The van der Waals surface area contributed by atoms with E-state index in [1.165, 1.54) is 6.20 Å². The van der Waals surface area contributed by atoms with E-state index in [2.05, 4.69) is 4.98 Å². The third-order valence-corrected chi connectivity index (χ3v) is 2.41. The monoisotopic (exact) mass is 218 g/mol. The summed E-state index contributed by atoms with van der Waals surface area (Å²) in [6.07, 6.45) is 1.49. The molecule has 0 aliphatic carbocycles. The normalized spacial score (nSPS) is 9.93. The van der Waals surface area contributed by atoms with Crippen LogP contribution < -0.4 is 4.74 Å². The van der Waals surface area contributed by atoms with Crippen LogP contribution in [0.4, 0.5) is 0 Å². The summed E-state index contributed by atoms with van der Waals surface area (Å²) < 4.78 is 5.17. The van der Waals surface area contributed by atoms with E-state index in [-0.39, 0.29) is 0 Å². The first-order valence-corrected chi connectivity index (χ1v) is 4.66. The molecule has 0 aliphatic rings. The van der Waals surface area contributed by atoms with Gasteiger partial charge in [0.15, 0.2) is 0 Å². The lowest BCUT2D eigenvalue weighted by molar-refractivity contribution is 0.420. The second-order valence-electron chi connectivity index (χ2n) is 2.98. The van der Waals surface area contributed by atoms with Crippen LogP contribution in [0, 0.1) is 11.3 Å². The molecular formula is C11H7ClN2O. The topological polar surface area (TPSA) is 45.9 Å². The minimum absolute atomic E-state index is 0.489. The predicted octanol–water partition coefficient (Wildman–Crippen LogP) is 2.77. The fraction of sp³-hybridized carbons (Fsp3) is 0.0909. The highest BCUT2D eigenvalue weighted by molar-refractivity contribution is 6.35. The van der Waals surface area contributed by atoms with Crippen molar-refractivity contribution in [2.45, 2.75) is 0 Å². The first-order chi connectivity index (χ1) is 7.26. The van der Waals surface area contributed by atoms with E-state index in [0.29, 0.717) is 21.9 Å². The van der Waals surface area contributed by atoms with Crippen LogP contribution in [-0.2, 0) is 0 Å². The summed E-state index contributed by atoms with van der Waals surface area (Å²) >= 11 is 5.98. The number of ether oxygens (including phenoxy) is 1. The Hall–Kier alpha value is -1.79. The average molecular weight is 219 g/mol. The fourth-order valence-corrected chi connectivity index (χ4v) is 1.61. The summed E-state index contributed by atoms with van der Waals surface area (Å²) in [5.41, 5.74) is 1.14. The van der Waals surface area contributed by atoms with Gasteiger partial charge in [-0.25, -0.2) is 0 Å². The molecule has 0 atom stereocenters. The lowest BCUT2D eigenvalue weighted by Crippen LogP contribution is -1.88. The van der Waals surface area contributed by atoms with Gasteiger partial charge < -0.3 is 4.74 Å². The molecule has 0 N–H and O–H groups in total. The van der Waals surface area contributed by atoms with Gasteiger partial charge in [-0.15, -0.1) is 0 Å². The molecule has 1 aromatic heterocycles. The molecule has 0 amide bonds. The van der Waals surface area contributed by atoms with Gasteiger partial charge in [0.2, 0.25) is 0 Å². The Morgan fingerprint density at radius 1 is 1.47 bits per heavy atom. The number of hydrogen-bond acceptors (Lipinski definition) is 3. The molecule has 0 aliphatic heterocycles. The molecule has 0 radical (unpaired) electrons. The van der Waals surface area contributed by atoms with E-state index < -0.39 is 0 Å². The van der Waals surface area contributed by atoms with Gasteiger partial charge in [-0.1, -0.05) is 11.6 Å². The zero-order chi connectivity index (χ0) is 10.8. The molecule has 0 unspecified atom stereocenters. The van der Waals surface area contributed by atoms with E-state index in [4.69, 9.17) is 21.6 Å². The van der Waals surface area contributed by atoms with Crippen molar-refractivity contribution in [3.8, 4) is 11.8 Å². The first-order valence-electron chi connectivity index (χ1n) is 4.28. The van der Waals surface area contributed by atoms with E-state index >= 15 is 0 Å². The van der Waals surface area contributed by atoms with Crippen LogP contribution in [-0.4, -0.2) is 12.1 Å². The third kappa shape index (κ3) is 1.60. The summed E-state index contributed by atoms with van der Waals surface area (Å²) in [5.74, 6) is 0.666. The molecule has 1 heterocycles. The number of nitriles is 1. The van der Waals surface area contributed by atoms with Gasteiger partial charge in [0, 0.05) is 11.6 Å². The molecular weight excluding hydrogens is 212 g/mol. The molecule has 2 rings (SSSR count). The highest BCUT2D eigenvalue weighted by Crippen LogP contribution is 2.30. The molecule has 4 heteroatoms. The lowest BCUT2D eigenvalue weighted by atomic mass is 10.1. The third-order valence-electron chi connectivity index (χ3n) is 2.11. The Labute approximate surface area is 91.9 Å². The van der Waals surface area contributed by atoms with E-state index in [1.807, 2.05) is 6.07 Å². The highest BCUT2D eigenvalue weighted by Gasteiger charge is 2.07. The molecule has 1 aromatic carbocycles. The molecule has 2 aromatic rings. The zero-order valence-corrected chi connectivity index (χ0v) is 8.75. The van der Waals surface area contributed by atoms with Crippen LogP contribution in [0.5, 0.6) is 5.75 Å². The Bertz CT molecular complexity index is 560. The van der Waals surface area contributed by atoms with Crippen molar-refractivity contribution in [3.05, 3.63) is 35.0 Å². The number of nitrogens with zero attached hydrogens (tertiary/aromatic N) is 2. The second-order valence-corrected chi connectivity index (χ2v) is 3.39. The molecule has 0 fully saturated rings. The van der Waals surface area contributed by atoms with E-state index in [9.17, 15) is 0 Å². The number of methoxy groups -OCH3 is 1. The summed E-state index contributed by atoms with van der Waals surface area (Å²) in [4.78, 5) is 4.13. The van der Waals surface area contributed by atoms with Crippen LogP contribution >= 0.6 is 11.6 Å². The van der Waals surface area contributed by atoms with E-state index in [0.717, 1.165) is 5.39 Å². The number of halogens is 1. The maximum Gasteiger partial charge on any atom is 0.128 e. The molecule has 74 valence electrons. The van der Waals surface area contributed by atoms with Crippen molar-refractivity contribution in [2.24, 2.45) is 0 Å². The van der Waals surface area contributed by atoms with Crippen LogP contribution in [0.25, 0.3) is 10.9 Å². The lowest BCUT2D eigenvalue weighted by Gasteiger charge is -2.05. The van der Waals surface area contributed by atoms with Crippen molar-refractivity contribution in [3.63, 3.8) is 0 Å². The van der Waals surface area contributed by atoms with Crippen LogP contribution in [0.1, 0.15) is 5.56 Å². The molecule has 15 heavy (non-hydrogen) atoms. The number of rotatable bonds is 1. The van der Waals surface area contributed by atoms with Gasteiger partial charge in [0.05, 0.1) is 23.2 Å². The quantitative estimate of drug-likeness (QED) is 0.740. The Morgan fingerprint density at radius 3 is 2.93 bits per heavy atom. The maximum atomic E-state index is 8.77. The average Bonchev–Trinajstić information content (AvgIpc) is 2.29. The molecule has 0 bridgehead atoms. The van der Waals surface area contributed by atoms with Crippen LogP contribution in [0.2, 0.25) is 5.02 Å². The van der Waals surface area contributed by atoms with Crippen molar-refractivity contribution in [1.29, 1.82) is 5.26 Å². The fourth-order valence-electron chi connectivity index (χ4n) is 1.40. The standard InChI is InChI=1S/C11H7ClN2O/c1-15-10-3-2-9(12)11-8(10)4-7(5-13)6-14-11/h2-4,6H,1H3. The number of hydrogen-bond donors (Lipinski definition) is 0. The molecule has 0 spiro atoms. The Kier molecular flexibility index (Phi) is 2.44. The Morgan fingerprint density at radius 2 is 2.27 bits per heavy atom. The van der Waals surface area contributed by atoms with Crippen molar-refractivity contribution in [2.75, 3.05) is 7.11 Å². The maximum absolute atomic E-state index is 8.77. The van der Waals surface area contributed by atoms with Crippen molar-refractivity contribution >= 4 is 22.5 Å². The number of fused-ring (bicyclic) bond motifs is 1. The van der Waals surface area contributed by atoms with Crippen molar-refractivity contribution < 1.29 is 4.74 Å². The van der Waals surface area contributed by atoms with Gasteiger partial charge in [0.1, 0.15) is 11.8 Å². The number of aromatic nitrogens is 1. The highest BCUT2D eigenvalue weighted by atomic mass is 35.5. The largest absolute Gasteiger partial charge is 0.496 e. The van der Waals surface area contributed by atoms with Crippen molar-refractivity contribution in [1.82, 2.24) is 4.98 Å². The van der Waals surface area contributed by atoms with Gasteiger partial charge in [-0.3, -0.25) is 4.98 Å². The number of pyridine rings is 1. The predicted molar refractivity (Wildman–Crippen MR) is 58.0 cm³/mol. The summed E-state index contributed by atoms with van der Waals surface area (Å²) in [6.45, 7) is 0. The van der Waals surface area contributed by atoms with Crippen LogP contribution in [0.3, 0.4) is 0 Å². The van der Waals surface area contributed by atoms with Gasteiger partial charge >= 0.3 is 0 Å². The van der Waals surface area contributed by atoms with Gasteiger partial charge in [0.25, 0.3) is 0 Å². The first kappa shape index (κ1) is 9.75. The SMILES string of the molecule is COc1ccc(Cl)c2ncc(C#N)cc12. The summed E-state index contributed by atoms with van der Waals surface area (Å²) in [7, 11) is 1.57. The van der Waals surface area contributed by atoms with E-state index in [1.54, 1.807) is 25.3 Å².